The first-order valence-corrected chi connectivity index (χ1v) is 9.82. The number of aryl methyl sites for hydroxylation is 1. The molecule has 0 spiro atoms. The molecule has 30 heavy (non-hydrogen) atoms. The molecule has 0 aliphatic carbocycles. The Morgan fingerprint density at radius 3 is 2.70 bits per heavy atom. The molecule has 8 nitrogen and oxygen atoms in total. The first-order chi connectivity index (χ1) is 14.5. The number of ether oxygens (including phenoxy) is 2. The van der Waals surface area contributed by atoms with Gasteiger partial charge in [0.05, 0.1) is 0 Å². The minimum atomic E-state index is -1.27. The second kappa shape index (κ2) is 8.06. The zero-order valence-corrected chi connectivity index (χ0v) is 16.6. The predicted molar refractivity (Wildman–Crippen MR) is 108 cm³/mol. The molecule has 2 N–H and O–H groups in total. The summed E-state index contributed by atoms with van der Waals surface area (Å²) in [7, 11) is 0. The zero-order chi connectivity index (χ0) is 21.1. The van der Waals surface area contributed by atoms with E-state index in [0.717, 1.165) is 17.7 Å². The van der Waals surface area contributed by atoms with Crippen molar-refractivity contribution >= 4 is 17.8 Å². The maximum atomic E-state index is 13.0. The van der Waals surface area contributed by atoms with E-state index < -0.39 is 17.5 Å². The molecule has 2 aliphatic heterocycles. The molecule has 4 rings (SSSR count). The third kappa shape index (κ3) is 3.80. The van der Waals surface area contributed by atoms with E-state index in [1.165, 1.54) is 5.56 Å². The van der Waals surface area contributed by atoms with Crippen molar-refractivity contribution in [3.63, 3.8) is 0 Å². The van der Waals surface area contributed by atoms with E-state index in [1.807, 2.05) is 30.3 Å². The number of benzene rings is 2. The maximum Gasteiger partial charge on any atom is 0.325 e. The van der Waals surface area contributed by atoms with Gasteiger partial charge >= 0.3 is 6.03 Å². The first kappa shape index (κ1) is 19.8. The molecule has 1 atom stereocenters. The summed E-state index contributed by atoms with van der Waals surface area (Å²) in [5.41, 5.74) is 0.488. The highest BCUT2D eigenvalue weighted by atomic mass is 16.7. The molecule has 0 radical (unpaired) electrons. The number of urea groups is 1. The molecule has 2 heterocycles. The summed E-state index contributed by atoms with van der Waals surface area (Å²) < 4.78 is 10.6. The van der Waals surface area contributed by atoms with Crippen LogP contribution in [0.2, 0.25) is 0 Å². The summed E-state index contributed by atoms with van der Waals surface area (Å²) in [6, 6.07) is 14.5. The Morgan fingerprint density at radius 1 is 1.13 bits per heavy atom. The number of imide groups is 1. The van der Waals surface area contributed by atoms with Crippen LogP contribution in [0.4, 0.5) is 4.79 Å². The van der Waals surface area contributed by atoms with Crippen molar-refractivity contribution in [3.8, 4) is 11.5 Å². The smallest absolute Gasteiger partial charge is 0.325 e. The van der Waals surface area contributed by atoms with E-state index in [4.69, 9.17) is 9.47 Å². The van der Waals surface area contributed by atoms with Crippen molar-refractivity contribution in [1.82, 2.24) is 15.5 Å². The molecule has 1 saturated heterocycles. The Labute approximate surface area is 174 Å². The quantitative estimate of drug-likeness (QED) is 0.538. The van der Waals surface area contributed by atoms with Gasteiger partial charge in [0.1, 0.15) is 12.1 Å². The molecule has 2 aliphatic rings. The highest BCUT2D eigenvalue weighted by Gasteiger charge is 2.49. The molecule has 8 heteroatoms. The largest absolute Gasteiger partial charge is 0.454 e. The normalized spacial score (nSPS) is 19.7. The van der Waals surface area contributed by atoms with Crippen LogP contribution in [0, 0.1) is 0 Å². The summed E-state index contributed by atoms with van der Waals surface area (Å²) in [4.78, 5) is 38.6. The van der Waals surface area contributed by atoms with Gasteiger partial charge in [0.15, 0.2) is 11.5 Å². The Bertz CT molecular complexity index is 978. The lowest BCUT2D eigenvalue weighted by Gasteiger charge is -2.22. The first-order valence-electron chi connectivity index (χ1n) is 9.82. The van der Waals surface area contributed by atoms with Gasteiger partial charge in [-0.3, -0.25) is 14.5 Å². The van der Waals surface area contributed by atoms with Gasteiger partial charge in [-0.1, -0.05) is 36.4 Å². The molecule has 1 fully saturated rings. The molecular weight excluding hydrogens is 386 g/mol. The lowest BCUT2D eigenvalue weighted by molar-refractivity contribution is -0.134. The summed E-state index contributed by atoms with van der Waals surface area (Å²) >= 11 is 0. The number of rotatable bonds is 7. The summed E-state index contributed by atoms with van der Waals surface area (Å²) in [5.74, 6) is 0.253. The number of hydrogen-bond acceptors (Lipinski definition) is 5. The van der Waals surface area contributed by atoms with Crippen molar-refractivity contribution in [1.29, 1.82) is 0 Å². The van der Waals surface area contributed by atoms with E-state index in [0.29, 0.717) is 23.6 Å². The molecule has 2 aromatic carbocycles. The number of fused-ring (bicyclic) bond motifs is 1. The van der Waals surface area contributed by atoms with Gasteiger partial charge in [0.25, 0.3) is 5.91 Å². The molecule has 0 bridgehead atoms. The monoisotopic (exact) mass is 409 g/mol. The number of nitrogens with zero attached hydrogens (tertiary/aromatic N) is 1. The molecule has 0 aromatic heterocycles. The van der Waals surface area contributed by atoms with Crippen molar-refractivity contribution in [3.05, 3.63) is 59.7 Å². The van der Waals surface area contributed by atoms with Crippen LogP contribution in [-0.2, 0) is 21.5 Å². The number of carbonyl (C=O) groups excluding carboxylic acids is 3. The maximum absolute atomic E-state index is 13.0. The van der Waals surface area contributed by atoms with Crippen molar-refractivity contribution in [2.24, 2.45) is 0 Å². The van der Waals surface area contributed by atoms with Gasteiger partial charge in [0.2, 0.25) is 12.7 Å². The van der Waals surface area contributed by atoms with Gasteiger partial charge in [0, 0.05) is 6.54 Å². The van der Waals surface area contributed by atoms with Crippen LogP contribution in [0.25, 0.3) is 0 Å². The van der Waals surface area contributed by atoms with E-state index in [-0.39, 0.29) is 19.2 Å². The van der Waals surface area contributed by atoms with Gasteiger partial charge in [-0.05, 0) is 43.0 Å². The second-order valence-electron chi connectivity index (χ2n) is 7.45. The number of hydrogen-bond donors (Lipinski definition) is 2. The van der Waals surface area contributed by atoms with E-state index in [9.17, 15) is 14.4 Å². The third-order valence-corrected chi connectivity index (χ3v) is 5.33. The minimum Gasteiger partial charge on any atom is -0.454 e. The molecule has 4 amide bonds. The predicted octanol–water partition coefficient (Wildman–Crippen LogP) is 1.93. The fourth-order valence-electron chi connectivity index (χ4n) is 3.61. The summed E-state index contributed by atoms with van der Waals surface area (Å²) in [6.45, 7) is 1.88. The second-order valence-corrected chi connectivity index (χ2v) is 7.45. The number of carbonyl (C=O) groups is 3. The number of amides is 4. The highest BCUT2D eigenvalue weighted by Crippen LogP contribution is 2.37. The Kier molecular flexibility index (Phi) is 5.31. The average Bonchev–Trinajstić information content (AvgIpc) is 3.30. The summed E-state index contributed by atoms with van der Waals surface area (Å²) in [5, 5.41) is 5.47. The molecule has 156 valence electrons. The van der Waals surface area contributed by atoms with Crippen molar-refractivity contribution < 1.29 is 23.9 Å². The van der Waals surface area contributed by atoms with Crippen LogP contribution in [0.5, 0.6) is 11.5 Å². The van der Waals surface area contributed by atoms with Crippen molar-refractivity contribution in [2.75, 3.05) is 19.9 Å². The summed E-state index contributed by atoms with van der Waals surface area (Å²) in [6.07, 6.45) is 1.61. The van der Waals surface area contributed by atoms with Crippen LogP contribution in [0.15, 0.2) is 48.5 Å². The fourth-order valence-corrected chi connectivity index (χ4v) is 3.61. The average molecular weight is 409 g/mol. The Morgan fingerprint density at radius 2 is 1.90 bits per heavy atom. The molecule has 2 aromatic rings. The van der Waals surface area contributed by atoms with Gasteiger partial charge in [-0.2, -0.15) is 0 Å². The van der Waals surface area contributed by atoms with E-state index in [1.54, 1.807) is 25.1 Å². The minimum absolute atomic E-state index is 0.117. The lowest BCUT2D eigenvalue weighted by atomic mass is 9.91. The zero-order valence-electron chi connectivity index (χ0n) is 16.6. The Balaban J connectivity index is 1.34. The van der Waals surface area contributed by atoms with Gasteiger partial charge < -0.3 is 20.1 Å². The topological polar surface area (TPSA) is 97.0 Å². The highest BCUT2D eigenvalue weighted by molar-refractivity contribution is 6.09. The van der Waals surface area contributed by atoms with Crippen LogP contribution in [-0.4, -0.2) is 42.6 Å². The number of nitrogens with one attached hydrogen (secondary N) is 2. The molecule has 0 saturated carbocycles. The van der Waals surface area contributed by atoms with Crippen molar-refractivity contribution in [2.45, 2.75) is 25.3 Å². The van der Waals surface area contributed by atoms with Crippen LogP contribution in [0.3, 0.4) is 0 Å². The van der Waals surface area contributed by atoms with E-state index in [2.05, 4.69) is 10.6 Å². The van der Waals surface area contributed by atoms with Crippen LogP contribution >= 0.6 is 0 Å². The van der Waals surface area contributed by atoms with Gasteiger partial charge in [-0.15, -0.1) is 0 Å². The standard InChI is InChI=1S/C22H23N3O5/c1-22(16-9-10-17-18(12-16)30-14-29-17)20(27)25(21(28)24-22)13-19(26)23-11-5-8-15-6-3-2-4-7-15/h2-4,6-7,9-10,12H,5,8,11,13-14H2,1H3,(H,23,26)(H,24,28)/t22-/m0/s1. The van der Waals surface area contributed by atoms with Crippen LogP contribution in [0.1, 0.15) is 24.5 Å². The SMILES string of the molecule is C[C@@]1(c2ccc3c(c2)OCO3)NC(=O)N(CC(=O)NCCCc2ccccc2)C1=O. The van der Waals surface area contributed by atoms with Crippen LogP contribution < -0.4 is 20.1 Å². The third-order valence-electron chi connectivity index (χ3n) is 5.33. The molecular formula is C22H23N3O5. The lowest BCUT2D eigenvalue weighted by Crippen LogP contribution is -2.43. The van der Waals surface area contributed by atoms with E-state index >= 15 is 0 Å². The fraction of sp³-hybridized carbons (Fsp3) is 0.318. The van der Waals surface area contributed by atoms with Gasteiger partial charge in [-0.25, -0.2) is 4.79 Å². The molecule has 0 unspecified atom stereocenters. The Hall–Kier alpha value is -3.55.